The van der Waals surface area contributed by atoms with Crippen LogP contribution in [0.5, 0.6) is 0 Å². The second kappa shape index (κ2) is 6.76. The van der Waals surface area contributed by atoms with Crippen LogP contribution in [0.25, 0.3) is 0 Å². The Bertz CT molecular complexity index is 180. The Morgan fingerprint density at radius 2 is 1.73 bits per heavy atom. The van der Waals surface area contributed by atoms with Crippen molar-refractivity contribution in [1.82, 2.24) is 0 Å². The number of aliphatic hydroxyl groups is 3. The van der Waals surface area contributed by atoms with Crippen molar-refractivity contribution in [3.05, 3.63) is 0 Å². The molecule has 0 aromatic heterocycles. The van der Waals surface area contributed by atoms with Crippen molar-refractivity contribution < 1.29 is 24.9 Å². The fraction of sp³-hybridized carbons (Fsp3) is 0.900. The minimum Gasteiger partial charge on any atom is -0.465 e. The summed E-state index contributed by atoms with van der Waals surface area (Å²) in [4.78, 5) is 11.3. The van der Waals surface area contributed by atoms with E-state index in [9.17, 15) is 4.79 Å². The lowest BCUT2D eigenvalue weighted by atomic mass is 9.92. The molecule has 0 saturated heterocycles. The first-order chi connectivity index (χ1) is 7.05. The molecule has 15 heavy (non-hydrogen) atoms. The summed E-state index contributed by atoms with van der Waals surface area (Å²) in [7, 11) is 0. The molecular weight excluding hydrogens is 200 g/mol. The van der Waals surface area contributed by atoms with Gasteiger partial charge in [0.25, 0.3) is 0 Å². The maximum Gasteiger partial charge on any atom is 0.308 e. The summed E-state index contributed by atoms with van der Waals surface area (Å²) in [5.41, 5.74) is -1.14. The van der Waals surface area contributed by atoms with E-state index in [4.69, 9.17) is 20.1 Å². The predicted molar refractivity (Wildman–Crippen MR) is 54.1 cm³/mol. The first kappa shape index (κ1) is 14.3. The molecule has 0 heterocycles. The van der Waals surface area contributed by atoms with Crippen LogP contribution in [0.15, 0.2) is 0 Å². The quantitative estimate of drug-likeness (QED) is 0.505. The van der Waals surface area contributed by atoms with E-state index in [0.717, 1.165) is 0 Å². The van der Waals surface area contributed by atoms with E-state index in [1.54, 1.807) is 6.92 Å². The van der Waals surface area contributed by atoms with Crippen molar-refractivity contribution in [3.63, 3.8) is 0 Å². The SMILES string of the molecule is CCC(C)C(=O)OCC(CO)(CO)CO. The molecule has 0 aliphatic rings. The van der Waals surface area contributed by atoms with Crippen LogP contribution >= 0.6 is 0 Å². The lowest BCUT2D eigenvalue weighted by molar-refractivity contribution is -0.155. The van der Waals surface area contributed by atoms with Crippen LogP contribution in [-0.2, 0) is 9.53 Å². The fourth-order valence-corrected chi connectivity index (χ4v) is 0.820. The van der Waals surface area contributed by atoms with Crippen molar-refractivity contribution >= 4 is 5.97 Å². The standard InChI is InChI=1S/C10H20O5/c1-3-8(2)9(14)15-7-10(4-11,5-12)6-13/h8,11-13H,3-7H2,1-2H3. The van der Waals surface area contributed by atoms with E-state index in [2.05, 4.69) is 0 Å². The molecule has 0 aromatic rings. The van der Waals surface area contributed by atoms with E-state index >= 15 is 0 Å². The third-order valence-corrected chi connectivity index (χ3v) is 2.54. The highest BCUT2D eigenvalue weighted by atomic mass is 16.5. The molecule has 5 nitrogen and oxygen atoms in total. The van der Waals surface area contributed by atoms with Crippen molar-refractivity contribution in [1.29, 1.82) is 0 Å². The molecular formula is C10H20O5. The van der Waals surface area contributed by atoms with Crippen molar-refractivity contribution in [2.24, 2.45) is 11.3 Å². The number of ether oxygens (including phenoxy) is 1. The van der Waals surface area contributed by atoms with E-state index in [1.165, 1.54) is 0 Å². The van der Waals surface area contributed by atoms with Crippen molar-refractivity contribution in [2.75, 3.05) is 26.4 Å². The molecule has 0 rings (SSSR count). The molecule has 0 spiro atoms. The van der Waals surface area contributed by atoms with Gasteiger partial charge in [0, 0.05) is 0 Å². The lowest BCUT2D eigenvalue weighted by Crippen LogP contribution is -2.40. The molecule has 0 aliphatic heterocycles. The van der Waals surface area contributed by atoms with Gasteiger partial charge in [-0.1, -0.05) is 13.8 Å². The molecule has 3 N–H and O–H groups in total. The van der Waals surface area contributed by atoms with E-state index in [1.807, 2.05) is 6.92 Å². The normalized spacial score (nSPS) is 13.7. The highest BCUT2D eigenvalue weighted by molar-refractivity contribution is 5.71. The zero-order valence-electron chi connectivity index (χ0n) is 9.27. The molecule has 0 radical (unpaired) electrons. The minimum absolute atomic E-state index is 0.167. The van der Waals surface area contributed by atoms with Gasteiger partial charge < -0.3 is 20.1 Å². The van der Waals surface area contributed by atoms with Crippen molar-refractivity contribution in [3.8, 4) is 0 Å². The van der Waals surface area contributed by atoms with E-state index in [-0.39, 0.29) is 18.5 Å². The Morgan fingerprint density at radius 1 is 1.27 bits per heavy atom. The smallest absolute Gasteiger partial charge is 0.308 e. The van der Waals surface area contributed by atoms with Gasteiger partial charge in [-0.2, -0.15) is 0 Å². The zero-order chi connectivity index (χ0) is 11.9. The third kappa shape index (κ3) is 4.15. The maximum absolute atomic E-state index is 11.3. The third-order valence-electron chi connectivity index (χ3n) is 2.54. The van der Waals surface area contributed by atoms with Gasteiger partial charge in [-0.3, -0.25) is 4.79 Å². The van der Waals surface area contributed by atoms with Crippen LogP contribution in [0.4, 0.5) is 0 Å². The molecule has 0 fully saturated rings. The van der Waals surface area contributed by atoms with Crippen molar-refractivity contribution in [2.45, 2.75) is 20.3 Å². The molecule has 0 aliphatic carbocycles. The Hall–Kier alpha value is -0.650. The maximum atomic E-state index is 11.3. The second-order valence-corrected chi connectivity index (χ2v) is 3.89. The largest absolute Gasteiger partial charge is 0.465 e. The fourth-order valence-electron chi connectivity index (χ4n) is 0.820. The molecule has 5 heteroatoms. The number of rotatable bonds is 7. The summed E-state index contributed by atoms with van der Waals surface area (Å²) in [6.07, 6.45) is 0.670. The van der Waals surface area contributed by atoms with Gasteiger partial charge in [-0.05, 0) is 6.42 Å². The average molecular weight is 220 g/mol. The van der Waals surface area contributed by atoms with Crippen LogP contribution in [0.1, 0.15) is 20.3 Å². The van der Waals surface area contributed by atoms with Crippen LogP contribution in [-0.4, -0.2) is 47.7 Å². The van der Waals surface area contributed by atoms with Gasteiger partial charge in [-0.25, -0.2) is 0 Å². The van der Waals surface area contributed by atoms with Crippen LogP contribution in [0, 0.1) is 11.3 Å². The molecule has 90 valence electrons. The Kier molecular flexibility index (Phi) is 6.47. The zero-order valence-corrected chi connectivity index (χ0v) is 9.27. The Balaban J connectivity index is 4.16. The number of carbonyl (C=O) groups excluding carboxylic acids is 1. The summed E-state index contributed by atoms with van der Waals surface area (Å²) < 4.78 is 4.91. The van der Waals surface area contributed by atoms with Crippen LogP contribution in [0.2, 0.25) is 0 Å². The van der Waals surface area contributed by atoms with Crippen LogP contribution in [0.3, 0.4) is 0 Å². The number of hydrogen-bond acceptors (Lipinski definition) is 5. The highest BCUT2D eigenvalue weighted by Crippen LogP contribution is 2.16. The predicted octanol–water partition coefficient (Wildman–Crippen LogP) is -0.461. The molecule has 0 saturated carbocycles. The summed E-state index contributed by atoms with van der Waals surface area (Å²) in [6, 6.07) is 0. The summed E-state index contributed by atoms with van der Waals surface area (Å²) in [5.74, 6) is -0.587. The molecule has 0 amide bonds. The van der Waals surface area contributed by atoms with Gasteiger partial charge >= 0.3 is 5.97 Å². The number of carbonyl (C=O) groups is 1. The monoisotopic (exact) mass is 220 g/mol. The first-order valence-corrected chi connectivity index (χ1v) is 5.04. The van der Waals surface area contributed by atoms with Gasteiger partial charge in [0.15, 0.2) is 0 Å². The average Bonchev–Trinajstić information content (AvgIpc) is 2.30. The lowest BCUT2D eigenvalue weighted by Gasteiger charge is -2.27. The Morgan fingerprint density at radius 3 is 2.07 bits per heavy atom. The minimum atomic E-state index is -1.14. The molecule has 0 bridgehead atoms. The number of hydrogen-bond donors (Lipinski definition) is 3. The second-order valence-electron chi connectivity index (χ2n) is 3.89. The summed E-state index contributed by atoms with van der Waals surface area (Å²) in [5, 5.41) is 26.9. The summed E-state index contributed by atoms with van der Waals surface area (Å²) in [6.45, 7) is 2.17. The van der Waals surface area contributed by atoms with Gasteiger partial charge in [0.2, 0.25) is 0 Å². The summed E-state index contributed by atoms with van der Waals surface area (Å²) >= 11 is 0. The van der Waals surface area contributed by atoms with Gasteiger partial charge in [0.05, 0.1) is 31.2 Å². The van der Waals surface area contributed by atoms with Gasteiger partial charge in [0.1, 0.15) is 6.61 Å². The van der Waals surface area contributed by atoms with Gasteiger partial charge in [-0.15, -0.1) is 0 Å². The molecule has 0 aromatic carbocycles. The highest BCUT2D eigenvalue weighted by Gasteiger charge is 2.30. The van der Waals surface area contributed by atoms with E-state index < -0.39 is 25.2 Å². The number of esters is 1. The van der Waals surface area contributed by atoms with E-state index in [0.29, 0.717) is 6.42 Å². The van der Waals surface area contributed by atoms with Crippen LogP contribution < -0.4 is 0 Å². The number of aliphatic hydroxyl groups excluding tert-OH is 3. The topological polar surface area (TPSA) is 87.0 Å². The Labute approximate surface area is 89.7 Å². The molecule has 1 unspecified atom stereocenters. The first-order valence-electron chi connectivity index (χ1n) is 5.04. The molecule has 1 atom stereocenters.